The van der Waals surface area contributed by atoms with E-state index in [1.54, 1.807) is 30.3 Å². The lowest BCUT2D eigenvalue weighted by atomic mass is 10.0. The van der Waals surface area contributed by atoms with Crippen LogP contribution in [0.2, 0.25) is 0 Å². The third kappa shape index (κ3) is 4.23. The van der Waals surface area contributed by atoms with Crippen LogP contribution in [-0.2, 0) is 24.0 Å². The lowest BCUT2D eigenvalue weighted by Crippen LogP contribution is -2.27. The first-order valence-corrected chi connectivity index (χ1v) is 9.08. The van der Waals surface area contributed by atoms with E-state index in [0.29, 0.717) is 5.56 Å². The molecule has 26 heavy (non-hydrogen) atoms. The number of nitro groups is 1. The van der Waals surface area contributed by atoms with Crippen LogP contribution in [0.4, 0.5) is 5.69 Å². The van der Waals surface area contributed by atoms with Gasteiger partial charge >= 0.3 is 10.3 Å². The summed E-state index contributed by atoms with van der Waals surface area (Å²) in [6, 6.07) is 15.0. The topological polar surface area (TPSA) is 131 Å². The van der Waals surface area contributed by atoms with E-state index in [4.69, 9.17) is 14.6 Å². The van der Waals surface area contributed by atoms with Crippen molar-refractivity contribution in [3.63, 3.8) is 0 Å². The molecule has 138 valence electrons. The molecule has 9 nitrogen and oxygen atoms in total. The number of benzene rings is 2. The van der Waals surface area contributed by atoms with Gasteiger partial charge in [-0.3, -0.25) is 14.3 Å². The van der Waals surface area contributed by atoms with Crippen LogP contribution in [0.25, 0.3) is 0 Å². The summed E-state index contributed by atoms with van der Waals surface area (Å²) < 4.78 is 38.5. The number of ether oxygens (including phenoxy) is 2. The molecule has 3 rings (SSSR count). The van der Waals surface area contributed by atoms with E-state index in [1.807, 2.05) is 6.07 Å². The van der Waals surface area contributed by atoms with Crippen LogP contribution in [0.5, 0.6) is 0 Å². The molecule has 3 unspecified atom stereocenters. The summed E-state index contributed by atoms with van der Waals surface area (Å²) in [5, 5.41) is 16.2. The lowest BCUT2D eigenvalue weighted by Gasteiger charge is -2.16. The Labute approximate surface area is 149 Å². The van der Waals surface area contributed by atoms with Gasteiger partial charge in [-0.05, 0) is 6.07 Å². The van der Waals surface area contributed by atoms with Crippen LogP contribution in [0.15, 0.2) is 54.6 Å². The molecule has 1 aliphatic heterocycles. The van der Waals surface area contributed by atoms with Gasteiger partial charge < -0.3 is 9.47 Å². The van der Waals surface area contributed by atoms with Crippen molar-refractivity contribution in [1.29, 1.82) is 0 Å². The van der Waals surface area contributed by atoms with Crippen molar-refractivity contribution in [1.82, 2.24) is 0 Å². The van der Waals surface area contributed by atoms with E-state index < -0.39 is 40.3 Å². The normalized spacial score (nSPS) is 23.0. The van der Waals surface area contributed by atoms with Crippen molar-refractivity contribution >= 4 is 16.0 Å². The molecule has 1 fully saturated rings. The quantitative estimate of drug-likeness (QED) is 0.598. The molecule has 0 radical (unpaired) electrons. The van der Waals surface area contributed by atoms with Crippen LogP contribution in [0, 0.1) is 10.1 Å². The highest BCUT2D eigenvalue weighted by Gasteiger charge is 2.41. The Morgan fingerprint density at radius 3 is 2.38 bits per heavy atom. The highest BCUT2D eigenvalue weighted by atomic mass is 32.2. The molecule has 0 saturated carbocycles. The van der Waals surface area contributed by atoms with E-state index in [0.717, 1.165) is 0 Å². The van der Waals surface area contributed by atoms with Gasteiger partial charge in [0.2, 0.25) is 0 Å². The summed E-state index contributed by atoms with van der Waals surface area (Å²) in [6.07, 6.45) is -2.63. The van der Waals surface area contributed by atoms with Crippen molar-refractivity contribution in [3.05, 3.63) is 75.8 Å². The first-order chi connectivity index (χ1) is 12.3. The van der Waals surface area contributed by atoms with Crippen LogP contribution >= 0.6 is 0 Å². The van der Waals surface area contributed by atoms with Crippen molar-refractivity contribution in [2.75, 3.05) is 6.61 Å². The summed E-state index contributed by atoms with van der Waals surface area (Å²) in [5.41, 5.74) is 0.795. The Morgan fingerprint density at radius 2 is 1.73 bits per heavy atom. The number of nitro benzene ring substituents is 1. The molecule has 1 heterocycles. The van der Waals surface area contributed by atoms with Gasteiger partial charge in [-0.2, -0.15) is 8.42 Å². The Balaban J connectivity index is 1.93. The van der Waals surface area contributed by atoms with Gasteiger partial charge in [0.25, 0.3) is 5.69 Å². The molecule has 1 saturated heterocycles. The minimum Gasteiger partial charge on any atom is -0.340 e. The minimum atomic E-state index is -4.20. The molecule has 2 N–H and O–H groups in total. The second-order valence-electron chi connectivity index (χ2n) is 5.57. The number of para-hydroxylation sites is 1. The second kappa shape index (κ2) is 7.48. The van der Waals surface area contributed by atoms with Crippen molar-refractivity contribution in [2.24, 2.45) is 5.14 Å². The van der Waals surface area contributed by atoms with Gasteiger partial charge in [-0.25, -0.2) is 5.14 Å². The molecular weight excluding hydrogens is 364 g/mol. The number of nitrogens with zero attached hydrogens (tertiary/aromatic N) is 1. The molecule has 0 aromatic heterocycles. The third-order valence-electron chi connectivity index (χ3n) is 3.81. The minimum absolute atomic E-state index is 0.157. The summed E-state index contributed by atoms with van der Waals surface area (Å²) in [4.78, 5) is 10.8. The SMILES string of the molecule is NS(=O)(=O)OCC1OC(c2ccccc2)OC1c1ccccc1[N+](=O)[O-]. The Hall–Kier alpha value is -2.37. The molecule has 0 bridgehead atoms. The van der Waals surface area contributed by atoms with E-state index >= 15 is 0 Å². The van der Waals surface area contributed by atoms with Gasteiger partial charge in [0.15, 0.2) is 6.29 Å². The average molecular weight is 380 g/mol. The van der Waals surface area contributed by atoms with Crippen molar-refractivity contribution < 1.29 is 27.0 Å². The fraction of sp³-hybridized carbons (Fsp3) is 0.250. The van der Waals surface area contributed by atoms with Crippen LogP contribution in [0.3, 0.4) is 0 Å². The zero-order valence-corrected chi connectivity index (χ0v) is 14.2. The fourth-order valence-corrected chi connectivity index (χ4v) is 3.03. The summed E-state index contributed by atoms with van der Waals surface area (Å²) in [6.45, 7) is -0.432. The lowest BCUT2D eigenvalue weighted by molar-refractivity contribution is -0.386. The van der Waals surface area contributed by atoms with Gasteiger partial charge in [-0.1, -0.05) is 42.5 Å². The predicted molar refractivity (Wildman–Crippen MR) is 90.0 cm³/mol. The van der Waals surface area contributed by atoms with E-state index in [-0.39, 0.29) is 11.3 Å². The number of hydrogen-bond acceptors (Lipinski definition) is 7. The zero-order chi connectivity index (χ0) is 18.7. The predicted octanol–water partition coefficient (Wildman–Crippen LogP) is 1.97. The molecular formula is C16H16N2O7S. The number of nitrogens with two attached hydrogens (primary N) is 1. The maximum absolute atomic E-state index is 11.3. The summed E-state index contributed by atoms with van der Waals surface area (Å²) in [7, 11) is -4.20. The highest BCUT2D eigenvalue weighted by Crippen LogP contribution is 2.42. The smallest absolute Gasteiger partial charge is 0.333 e. The maximum Gasteiger partial charge on any atom is 0.333 e. The first kappa shape index (κ1) is 18.4. The Bertz CT molecular complexity index is 888. The Kier molecular flexibility index (Phi) is 5.30. The van der Waals surface area contributed by atoms with Crippen LogP contribution in [-0.4, -0.2) is 26.1 Å². The zero-order valence-electron chi connectivity index (χ0n) is 13.4. The van der Waals surface area contributed by atoms with Gasteiger partial charge in [-0.15, -0.1) is 0 Å². The molecule has 0 spiro atoms. The van der Waals surface area contributed by atoms with E-state index in [9.17, 15) is 18.5 Å². The molecule has 0 aliphatic carbocycles. The molecule has 10 heteroatoms. The molecule has 1 aliphatic rings. The van der Waals surface area contributed by atoms with Crippen molar-refractivity contribution in [3.8, 4) is 0 Å². The second-order valence-corrected chi connectivity index (χ2v) is 6.79. The van der Waals surface area contributed by atoms with Crippen LogP contribution in [0.1, 0.15) is 23.5 Å². The van der Waals surface area contributed by atoms with E-state index in [2.05, 4.69) is 4.18 Å². The summed E-state index contributed by atoms with van der Waals surface area (Å²) in [5.74, 6) is 0. The fourth-order valence-electron chi connectivity index (χ4n) is 2.71. The average Bonchev–Trinajstić information content (AvgIpc) is 3.04. The number of rotatable bonds is 6. The van der Waals surface area contributed by atoms with Crippen LogP contribution < -0.4 is 5.14 Å². The molecule has 0 amide bonds. The van der Waals surface area contributed by atoms with Gasteiger partial charge in [0.1, 0.15) is 12.2 Å². The van der Waals surface area contributed by atoms with Gasteiger partial charge in [0, 0.05) is 11.6 Å². The number of hydrogen-bond donors (Lipinski definition) is 1. The molecule has 2 aromatic carbocycles. The molecule has 2 aromatic rings. The summed E-state index contributed by atoms with van der Waals surface area (Å²) >= 11 is 0. The third-order valence-corrected chi connectivity index (χ3v) is 4.28. The highest BCUT2D eigenvalue weighted by molar-refractivity contribution is 7.84. The van der Waals surface area contributed by atoms with E-state index in [1.165, 1.54) is 18.2 Å². The molecule has 3 atom stereocenters. The standard InChI is InChI=1S/C16H16N2O7S/c17-26(21,22)23-10-14-15(12-8-4-5-9-13(12)18(19)20)25-16(24-14)11-6-2-1-3-7-11/h1-9,14-16H,10H2,(H2,17,21,22). The Morgan fingerprint density at radius 1 is 1.08 bits per heavy atom. The van der Waals surface area contributed by atoms with Gasteiger partial charge in [0.05, 0.1) is 17.1 Å². The largest absolute Gasteiger partial charge is 0.340 e. The first-order valence-electron chi connectivity index (χ1n) is 7.61. The maximum atomic E-state index is 11.3. The van der Waals surface area contributed by atoms with Crippen molar-refractivity contribution in [2.45, 2.75) is 18.5 Å². The monoisotopic (exact) mass is 380 g/mol.